The zero-order chi connectivity index (χ0) is 15.4. The molecule has 2 amide bonds. The summed E-state index contributed by atoms with van der Waals surface area (Å²) in [6.45, 7) is 0.307. The molecule has 0 heterocycles. The van der Waals surface area contributed by atoms with Gasteiger partial charge in [-0.2, -0.15) is 0 Å². The minimum Gasteiger partial charge on any atom is -0.398 e. The van der Waals surface area contributed by atoms with Crippen molar-refractivity contribution in [1.29, 1.82) is 0 Å². The molecule has 2 rings (SSSR count). The number of carbonyl (C=O) groups excluding carboxylic acids is 2. The lowest BCUT2D eigenvalue weighted by Gasteiger charge is -2.07. The van der Waals surface area contributed by atoms with Crippen molar-refractivity contribution < 1.29 is 9.59 Å². The molecule has 108 valence electrons. The minimum atomic E-state index is -0.495. The lowest BCUT2D eigenvalue weighted by Crippen LogP contribution is -2.23. The van der Waals surface area contributed by atoms with Gasteiger partial charge in [0, 0.05) is 27.8 Å². The van der Waals surface area contributed by atoms with E-state index in [9.17, 15) is 9.59 Å². The topological polar surface area (TPSA) is 98.2 Å². The van der Waals surface area contributed by atoms with E-state index in [4.69, 9.17) is 11.5 Å². The monoisotopic (exact) mass is 347 g/mol. The second-order valence-corrected chi connectivity index (χ2v) is 5.34. The number of hydrogen-bond donors (Lipinski definition) is 3. The molecule has 5 N–H and O–H groups in total. The normalized spacial score (nSPS) is 10.1. The molecule has 0 unspecified atom stereocenters. The SMILES string of the molecule is NC(=O)c1cccc(CNC(=O)c2ccc(N)c(Br)c2)c1. The van der Waals surface area contributed by atoms with E-state index >= 15 is 0 Å². The largest absolute Gasteiger partial charge is 0.398 e. The summed E-state index contributed by atoms with van der Waals surface area (Å²) in [5.74, 6) is -0.717. The molecule has 21 heavy (non-hydrogen) atoms. The van der Waals surface area contributed by atoms with E-state index in [0.717, 1.165) is 5.56 Å². The molecule has 2 aromatic carbocycles. The second-order valence-electron chi connectivity index (χ2n) is 4.48. The average Bonchev–Trinajstić information content (AvgIpc) is 2.48. The molecular formula is C15H14BrN3O2. The van der Waals surface area contributed by atoms with Crippen LogP contribution in [0, 0.1) is 0 Å². The summed E-state index contributed by atoms with van der Waals surface area (Å²) in [4.78, 5) is 23.1. The van der Waals surface area contributed by atoms with Gasteiger partial charge in [0.15, 0.2) is 0 Å². The van der Waals surface area contributed by atoms with Crippen molar-refractivity contribution in [1.82, 2.24) is 5.32 Å². The molecule has 0 saturated carbocycles. The zero-order valence-electron chi connectivity index (χ0n) is 11.1. The van der Waals surface area contributed by atoms with Gasteiger partial charge >= 0.3 is 0 Å². The van der Waals surface area contributed by atoms with Crippen LogP contribution in [-0.4, -0.2) is 11.8 Å². The smallest absolute Gasteiger partial charge is 0.251 e. The Bertz CT molecular complexity index is 701. The van der Waals surface area contributed by atoms with Gasteiger partial charge < -0.3 is 16.8 Å². The van der Waals surface area contributed by atoms with Crippen LogP contribution in [0.3, 0.4) is 0 Å². The zero-order valence-corrected chi connectivity index (χ0v) is 12.7. The average molecular weight is 348 g/mol. The predicted molar refractivity (Wildman–Crippen MR) is 84.7 cm³/mol. The fourth-order valence-corrected chi connectivity index (χ4v) is 2.17. The first-order chi connectivity index (χ1) is 9.97. The van der Waals surface area contributed by atoms with Crippen molar-refractivity contribution in [3.05, 3.63) is 63.6 Å². The van der Waals surface area contributed by atoms with E-state index in [1.165, 1.54) is 0 Å². The highest BCUT2D eigenvalue weighted by atomic mass is 79.9. The second kappa shape index (κ2) is 6.41. The fourth-order valence-electron chi connectivity index (χ4n) is 1.79. The Labute approximate surface area is 130 Å². The third-order valence-electron chi connectivity index (χ3n) is 2.93. The van der Waals surface area contributed by atoms with Crippen LogP contribution >= 0.6 is 15.9 Å². The highest BCUT2D eigenvalue weighted by Gasteiger charge is 2.08. The molecule has 0 aromatic heterocycles. The summed E-state index contributed by atoms with van der Waals surface area (Å²) in [6.07, 6.45) is 0. The van der Waals surface area contributed by atoms with Crippen molar-refractivity contribution in [2.24, 2.45) is 5.73 Å². The standard InChI is InChI=1S/C15H14BrN3O2/c16-12-7-11(4-5-13(12)17)15(21)19-8-9-2-1-3-10(6-9)14(18)20/h1-7H,8,17H2,(H2,18,20)(H,19,21). The summed E-state index contributed by atoms with van der Waals surface area (Å²) < 4.78 is 0.672. The Morgan fingerprint density at radius 3 is 2.52 bits per heavy atom. The molecule has 0 fully saturated rings. The molecule has 0 radical (unpaired) electrons. The summed E-state index contributed by atoms with van der Waals surface area (Å²) in [6, 6.07) is 11.8. The molecule has 0 aliphatic carbocycles. The van der Waals surface area contributed by atoms with E-state index in [1.54, 1.807) is 36.4 Å². The van der Waals surface area contributed by atoms with Gasteiger partial charge in [0.25, 0.3) is 5.91 Å². The molecule has 5 nitrogen and oxygen atoms in total. The minimum absolute atomic E-state index is 0.222. The summed E-state index contributed by atoms with van der Waals surface area (Å²) in [5, 5.41) is 2.78. The van der Waals surface area contributed by atoms with E-state index < -0.39 is 5.91 Å². The molecule has 6 heteroatoms. The quantitative estimate of drug-likeness (QED) is 0.738. The van der Waals surface area contributed by atoms with Crippen LogP contribution in [0.5, 0.6) is 0 Å². The number of nitrogen functional groups attached to an aromatic ring is 1. The summed E-state index contributed by atoms with van der Waals surface area (Å²) in [5.41, 5.74) is 13.2. The summed E-state index contributed by atoms with van der Waals surface area (Å²) in [7, 11) is 0. The van der Waals surface area contributed by atoms with Crippen LogP contribution in [0.1, 0.15) is 26.3 Å². The van der Waals surface area contributed by atoms with Crippen molar-refractivity contribution in [2.45, 2.75) is 6.54 Å². The Morgan fingerprint density at radius 2 is 1.86 bits per heavy atom. The maximum absolute atomic E-state index is 12.0. The number of hydrogen-bond acceptors (Lipinski definition) is 3. The molecule has 0 saturated heterocycles. The number of anilines is 1. The number of primary amides is 1. The molecular weight excluding hydrogens is 334 g/mol. The van der Waals surface area contributed by atoms with E-state index in [0.29, 0.717) is 27.8 Å². The van der Waals surface area contributed by atoms with E-state index in [-0.39, 0.29) is 5.91 Å². The number of nitrogens with one attached hydrogen (secondary N) is 1. The van der Waals surface area contributed by atoms with Gasteiger partial charge in [0.1, 0.15) is 0 Å². The number of benzene rings is 2. The van der Waals surface area contributed by atoms with E-state index in [1.807, 2.05) is 6.07 Å². The summed E-state index contributed by atoms with van der Waals surface area (Å²) >= 11 is 3.28. The molecule has 0 spiro atoms. The van der Waals surface area contributed by atoms with Gasteiger partial charge in [-0.05, 0) is 51.8 Å². The van der Waals surface area contributed by atoms with Crippen LogP contribution in [0.25, 0.3) is 0 Å². The molecule has 2 aromatic rings. The maximum atomic E-state index is 12.0. The lowest BCUT2D eigenvalue weighted by molar-refractivity contribution is 0.0950. The molecule has 0 bridgehead atoms. The number of carbonyl (C=O) groups is 2. The van der Waals surface area contributed by atoms with Crippen LogP contribution in [0.2, 0.25) is 0 Å². The third kappa shape index (κ3) is 3.82. The first-order valence-corrected chi connectivity index (χ1v) is 6.98. The van der Waals surface area contributed by atoms with Crippen LogP contribution in [0.4, 0.5) is 5.69 Å². The van der Waals surface area contributed by atoms with Gasteiger partial charge in [0.05, 0.1) is 0 Å². The molecule has 0 aliphatic heterocycles. The van der Waals surface area contributed by atoms with Crippen LogP contribution < -0.4 is 16.8 Å². The lowest BCUT2D eigenvalue weighted by atomic mass is 10.1. The van der Waals surface area contributed by atoms with Crippen molar-refractivity contribution in [3.63, 3.8) is 0 Å². The Balaban J connectivity index is 2.05. The van der Waals surface area contributed by atoms with Crippen molar-refractivity contribution >= 4 is 33.4 Å². The number of rotatable bonds is 4. The molecule has 0 atom stereocenters. The molecule has 0 aliphatic rings. The Morgan fingerprint density at radius 1 is 1.10 bits per heavy atom. The highest BCUT2D eigenvalue weighted by molar-refractivity contribution is 9.10. The van der Waals surface area contributed by atoms with Crippen LogP contribution in [-0.2, 0) is 6.54 Å². The number of nitrogens with two attached hydrogens (primary N) is 2. The van der Waals surface area contributed by atoms with Gasteiger partial charge in [-0.25, -0.2) is 0 Å². The third-order valence-corrected chi connectivity index (χ3v) is 3.61. The first kappa shape index (κ1) is 15.1. The maximum Gasteiger partial charge on any atom is 0.251 e. The van der Waals surface area contributed by atoms with Gasteiger partial charge in [-0.3, -0.25) is 9.59 Å². The van der Waals surface area contributed by atoms with Gasteiger partial charge in [-0.15, -0.1) is 0 Å². The number of halogens is 1. The number of amides is 2. The Hall–Kier alpha value is -2.34. The first-order valence-electron chi connectivity index (χ1n) is 6.19. The van der Waals surface area contributed by atoms with Crippen molar-refractivity contribution in [2.75, 3.05) is 5.73 Å². The predicted octanol–water partition coefficient (Wildman–Crippen LogP) is 2.06. The Kier molecular flexibility index (Phi) is 4.59. The van der Waals surface area contributed by atoms with Gasteiger partial charge in [0.2, 0.25) is 5.91 Å². The fraction of sp³-hybridized carbons (Fsp3) is 0.0667. The van der Waals surface area contributed by atoms with Gasteiger partial charge in [-0.1, -0.05) is 12.1 Å². The van der Waals surface area contributed by atoms with Crippen LogP contribution in [0.15, 0.2) is 46.9 Å². The van der Waals surface area contributed by atoms with E-state index in [2.05, 4.69) is 21.2 Å². The highest BCUT2D eigenvalue weighted by Crippen LogP contribution is 2.20. The van der Waals surface area contributed by atoms with Crippen molar-refractivity contribution in [3.8, 4) is 0 Å².